The van der Waals surface area contributed by atoms with Gasteiger partial charge in [-0.1, -0.05) is 62.4 Å². The van der Waals surface area contributed by atoms with Gasteiger partial charge in [0.15, 0.2) is 0 Å². The molecular weight excluding hydrogens is 288 g/mol. The Labute approximate surface area is 136 Å². The van der Waals surface area contributed by atoms with Crippen LogP contribution in [0.4, 0.5) is 0 Å². The first-order chi connectivity index (χ1) is 11.1. The number of carbonyl (C=O) groups is 2. The molecule has 0 aliphatic carbocycles. The Morgan fingerprint density at radius 2 is 1.48 bits per heavy atom. The molecule has 2 rings (SSSR count). The van der Waals surface area contributed by atoms with Gasteiger partial charge in [0.25, 0.3) is 5.91 Å². The van der Waals surface area contributed by atoms with Gasteiger partial charge in [0.2, 0.25) is 5.91 Å². The molecule has 2 N–H and O–H groups in total. The zero-order valence-electron chi connectivity index (χ0n) is 13.5. The van der Waals surface area contributed by atoms with Crippen LogP contribution in [-0.2, 0) is 11.3 Å². The predicted octanol–water partition coefficient (Wildman–Crippen LogP) is 2.76. The summed E-state index contributed by atoms with van der Waals surface area (Å²) in [6.07, 6.45) is 0. The summed E-state index contributed by atoms with van der Waals surface area (Å²) in [4.78, 5) is 24.6. The van der Waals surface area contributed by atoms with Gasteiger partial charge in [-0.15, -0.1) is 0 Å². The van der Waals surface area contributed by atoms with Gasteiger partial charge in [0.1, 0.15) is 6.04 Å². The first-order valence-electron chi connectivity index (χ1n) is 7.75. The molecule has 4 nitrogen and oxygen atoms in total. The van der Waals surface area contributed by atoms with Crippen LogP contribution in [0, 0.1) is 5.92 Å². The summed E-state index contributed by atoms with van der Waals surface area (Å²) >= 11 is 0. The van der Waals surface area contributed by atoms with Crippen molar-refractivity contribution >= 4 is 11.8 Å². The van der Waals surface area contributed by atoms with Crippen LogP contribution >= 0.6 is 0 Å². The Hall–Kier alpha value is -2.62. The SMILES string of the molecule is CC(C)[C@H](NC(=O)c1ccccc1)C(=O)NCc1ccccc1. The van der Waals surface area contributed by atoms with Gasteiger partial charge in [0, 0.05) is 12.1 Å². The van der Waals surface area contributed by atoms with E-state index in [1.165, 1.54) is 0 Å². The second-order valence-electron chi connectivity index (χ2n) is 5.76. The summed E-state index contributed by atoms with van der Waals surface area (Å²) < 4.78 is 0. The van der Waals surface area contributed by atoms with E-state index in [0.717, 1.165) is 5.56 Å². The van der Waals surface area contributed by atoms with Gasteiger partial charge in [-0.2, -0.15) is 0 Å². The Morgan fingerprint density at radius 1 is 0.913 bits per heavy atom. The zero-order chi connectivity index (χ0) is 16.7. The van der Waals surface area contributed by atoms with E-state index in [4.69, 9.17) is 0 Å². The maximum Gasteiger partial charge on any atom is 0.251 e. The molecule has 1 atom stereocenters. The standard InChI is InChI=1S/C19H22N2O2/c1-14(2)17(21-18(22)16-11-7-4-8-12-16)19(23)20-13-15-9-5-3-6-10-15/h3-12,14,17H,13H2,1-2H3,(H,20,23)(H,21,22)/t17-/m0/s1. The van der Waals surface area contributed by atoms with E-state index < -0.39 is 6.04 Å². The molecule has 0 bridgehead atoms. The van der Waals surface area contributed by atoms with E-state index in [0.29, 0.717) is 12.1 Å². The first kappa shape index (κ1) is 16.7. The van der Waals surface area contributed by atoms with E-state index in [1.807, 2.05) is 50.2 Å². The Bertz CT molecular complexity index is 639. The molecule has 0 saturated carbocycles. The minimum Gasteiger partial charge on any atom is -0.350 e. The van der Waals surface area contributed by atoms with Crippen LogP contribution in [0.3, 0.4) is 0 Å². The topological polar surface area (TPSA) is 58.2 Å². The van der Waals surface area contributed by atoms with Crippen LogP contribution in [-0.4, -0.2) is 17.9 Å². The summed E-state index contributed by atoms with van der Waals surface area (Å²) in [6, 6.07) is 18.0. The largest absolute Gasteiger partial charge is 0.350 e. The van der Waals surface area contributed by atoms with Gasteiger partial charge in [-0.25, -0.2) is 0 Å². The van der Waals surface area contributed by atoms with Gasteiger partial charge in [0.05, 0.1) is 0 Å². The van der Waals surface area contributed by atoms with Crippen molar-refractivity contribution in [1.82, 2.24) is 10.6 Å². The third-order valence-electron chi connectivity index (χ3n) is 3.58. The quantitative estimate of drug-likeness (QED) is 0.862. The summed E-state index contributed by atoms with van der Waals surface area (Å²) in [5, 5.41) is 5.70. The van der Waals surface area contributed by atoms with Crippen LogP contribution < -0.4 is 10.6 Å². The van der Waals surface area contributed by atoms with Gasteiger partial charge in [-0.3, -0.25) is 9.59 Å². The van der Waals surface area contributed by atoms with Crippen molar-refractivity contribution in [2.75, 3.05) is 0 Å². The maximum atomic E-state index is 12.4. The fourth-order valence-electron chi connectivity index (χ4n) is 2.24. The van der Waals surface area contributed by atoms with Crippen LogP contribution in [0.25, 0.3) is 0 Å². The molecule has 0 fully saturated rings. The molecular formula is C19H22N2O2. The lowest BCUT2D eigenvalue weighted by Gasteiger charge is -2.21. The van der Waals surface area contributed by atoms with E-state index in [2.05, 4.69) is 10.6 Å². The Balaban J connectivity index is 1.97. The number of hydrogen-bond acceptors (Lipinski definition) is 2. The zero-order valence-corrected chi connectivity index (χ0v) is 13.5. The lowest BCUT2D eigenvalue weighted by molar-refractivity contribution is -0.124. The molecule has 0 aliphatic heterocycles. The fourth-order valence-corrected chi connectivity index (χ4v) is 2.24. The van der Waals surface area contributed by atoms with Crippen molar-refractivity contribution in [2.24, 2.45) is 5.92 Å². The van der Waals surface area contributed by atoms with Crippen molar-refractivity contribution in [3.8, 4) is 0 Å². The second-order valence-corrected chi connectivity index (χ2v) is 5.76. The average Bonchev–Trinajstić information content (AvgIpc) is 2.58. The van der Waals surface area contributed by atoms with Crippen LogP contribution in [0.5, 0.6) is 0 Å². The van der Waals surface area contributed by atoms with Crippen molar-refractivity contribution in [1.29, 1.82) is 0 Å². The van der Waals surface area contributed by atoms with E-state index >= 15 is 0 Å². The minimum atomic E-state index is -0.564. The molecule has 0 heterocycles. The highest BCUT2D eigenvalue weighted by Crippen LogP contribution is 2.06. The molecule has 0 aliphatic rings. The number of nitrogens with one attached hydrogen (secondary N) is 2. The second kappa shape index (κ2) is 8.13. The highest BCUT2D eigenvalue weighted by Gasteiger charge is 2.24. The molecule has 0 radical (unpaired) electrons. The summed E-state index contributed by atoms with van der Waals surface area (Å²) in [5.41, 5.74) is 1.58. The number of amides is 2. The molecule has 0 unspecified atom stereocenters. The third kappa shape index (κ3) is 4.95. The summed E-state index contributed by atoms with van der Waals surface area (Å²) in [7, 11) is 0. The van der Waals surface area contributed by atoms with E-state index in [1.54, 1.807) is 24.3 Å². The van der Waals surface area contributed by atoms with Gasteiger partial charge < -0.3 is 10.6 Å². The van der Waals surface area contributed by atoms with Crippen molar-refractivity contribution < 1.29 is 9.59 Å². The molecule has 0 aromatic heterocycles. The normalized spacial score (nSPS) is 11.8. The van der Waals surface area contributed by atoms with Crippen LogP contribution in [0.15, 0.2) is 60.7 Å². The van der Waals surface area contributed by atoms with Gasteiger partial charge >= 0.3 is 0 Å². The molecule has 2 amide bonds. The molecule has 2 aromatic carbocycles. The molecule has 2 aromatic rings. The third-order valence-corrected chi connectivity index (χ3v) is 3.58. The molecule has 0 saturated heterocycles. The molecule has 120 valence electrons. The number of carbonyl (C=O) groups excluding carboxylic acids is 2. The number of rotatable bonds is 6. The van der Waals surface area contributed by atoms with Crippen LogP contribution in [0.2, 0.25) is 0 Å². The van der Waals surface area contributed by atoms with E-state index in [-0.39, 0.29) is 17.7 Å². The van der Waals surface area contributed by atoms with Crippen molar-refractivity contribution in [2.45, 2.75) is 26.4 Å². The molecule has 23 heavy (non-hydrogen) atoms. The average molecular weight is 310 g/mol. The molecule has 4 heteroatoms. The molecule has 0 spiro atoms. The van der Waals surface area contributed by atoms with Gasteiger partial charge in [-0.05, 0) is 23.6 Å². The summed E-state index contributed by atoms with van der Waals surface area (Å²) in [5.74, 6) is -0.411. The Kier molecular flexibility index (Phi) is 5.92. The van der Waals surface area contributed by atoms with Crippen molar-refractivity contribution in [3.63, 3.8) is 0 Å². The fraction of sp³-hybridized carbons (Fsp3) is 0.263. The monoisotopic (exact) mass is 310 g/mol. The van der Waals surface area contributed by atoms with Crippen molar-refractivity contribution in [3.05, 3.63) is 71.8 Å². The maximum absolute atomic E-state index is 12.4. The lowest BCUT2D eigenvalue weighted by Crippen LogP contribution is -2.49. The highest BCUT2D eigenvalue weighted by molar-refractivity contribution is 5.97. The highest BCUT2D eigenvalue weighted by atomic mass is 16.2. The summed E-state index contributed by atoms with van der Waals surface area (Å²) in [6.45, 7) is 4.28. The smallest absolute Gasteiger partial charge is 0.251 e. The lowest BCUT2D eigenvalue weighted by atomic mass is 10.0. The number of benzene rings is 2. The number of hydrogen-bond donors (Lipinski definition) is 2. The van der Waals surface area contributed by atoms with Crippen LogP contribution in [0.1, 0.15) is 29.8 Å². The minimum absolute atomic E-state index is 0.00145. The predicted molar refractivity (Wildman–Crippen MR) is 90.8 cm³/mol. The first-order valence-corrected chi connectivity index (χ1v) is 7.75. The Morgan fingerprint density at radius 3 is 2.04 bits per heavy atom. The van der Waals surface area contributed by atoms with E-state index in [9.17, 15) is 9.59 Å².